The molecule has 0 unspecified atom stereocenters. The van der Waals surface area contributed by atoms with Gasteiger partial charge in [0.1, 0.15) is 0 Å². The second-order valence-electron chi connectivity index (χ2n) is 5.96. The minimum absolute atomic E-state index is 0.647. The van der Waals surface area contributed by atoms with Crippen molar-refractivity contribution in [2.75, 3.05) is 25.0 Å². The maximum absolute atomic E-state index is 6.08. The van der Waals surface area contributed by atoms with Crippen LogP contribution in [0.15, 0.2) is 22.7 Å². The fourth-order valence-corrected chi connectivity index (χ4v) is 3.70. The quantitative estimate of drug-likeness (QED) is 0.500. The Balaban J connectivity index is 1.67. The first-order valence-electron chi connectivity index (χ1n) is 8.34. The molecular weight excluding hydrogens is 394 g/mol. The Hall–Kier alpha value is -0.360. The van der Waals surface area contributed by atoms with Crippen LogP contribution in [0.2, 0.25) is 5.02 Å². The van der Waals surface area contributed by atoms with Gasteiger partial charge in [-0.15, -0.1) is 0 Å². The molecule has 128 valence electrons. The number of benzene rings is 1. The lowest BCUT2D eigenvalue weighted by molar-refractivity contribution is 0.143. The fraction of sp³-hybridized carbons (Fsp3) is 0.588. The predicted molar refractivity (Wildman–Crippen MR) is 107 cm³/mol. The van der Waals surface area contributed by atoms with Crippen molar-refractivity contribution in [2.24, 2.45) is 0 Å². The molecule has 2 N–H and O–H groups in total. The maximum atomic E-state index is 6.08. The third-order valence-corrected chi connectivity index (χ3v) is 5.78. The molecule has 2 rings (SSSR count). The summed E-state index contributed by atoms with van der Waals surface area (Å²) in [6.45, 7) is 5.59. The van der Waals surface area contributed by atoms with Crippen molar-refractivity contribution < 1.29 is 0 Å². The lowest BCUT2D eigenvalue weighted by Gasteiger charge is -2.35. The summed E-state index contributed by atoms with van der Waals surface area (Å²) in [5.41, 5.74) is 0.901. The van der Waals surface area contributed by atoms with Gasteiger partial charge in [0.15, 0.2) is 5.11 Å². The topological polar surface area (TPSA) is 27.3 Å². The highest BCUT2D eigenvalue weighted by atomic mass is 79.9. The van der Waals surface area contributed by atoms with E-state index in [9.17, 15) is 0 Å². The van der Waals surface area contributed by atoms with E-state index in [4.69, 9.17) is 23.8 Å². The predicted octanol–water partition coefficient (Wildman–Crippen LogP) is 5.04. The van der Waals surface area contributed by atoms with Gasteiger partial charge in [0, 0.05) is 29.3 Å². The molecule has 0 bridgehead atoms. The zero-order valence-corrected chi connectivity index (χ0v) is 16.7. The summed E-state index contributed by atoms with van der Waals surface area (Å²) in [6, 6.07) is 6.50. The van der Waals surface area contributed by atoms with Gasteiger partial charge in [-0.3, -0.25) is 0 Å². The lowest BCUT2D eigenvalue weighted by Crippen LogP contribution is -2.40. The van der Waals surface area contributed by atoms with E-state index in [2.05, 4.69) is 38.4 Å². The van der Waals surface area contributed by atoms with Crippen LogP contribution in [-0.4, -0.2) is 35.7 Å². The average Bonchev–Trinajstić information content (AvgIpc) is 2.55. The average molecular weight is 419 g/mol. The van der Waals surface area contributed by atoms with Crippen LogP contribution in [0.1, 0.15) is 39.0 Å². The molecule has 1 aromatic carbocycles. The van der Waals surface area contributed by atoms with Crippen molar-refractivity contribution in [1.82, 2.24) is 10.2 Å². The zero-order valence-electron chi connectivity index (χ0n) is 13.6. The van der Waals surface area contributed by atoms with Crippen LogP contribution < -0.4 is 10.6 Å². The third kappa shape index (κ3) is 6.22. The Bertz CT molecular complexity index is 527. The molecule has 1 atom stereocenters. The van der Waals surface area contributed by atoms with E-state index in [0.717, 1.165) is 35.7 Å². The molecule has 1 saturated heterocycles. The number of rotatable bonds is 6. The first kappa shape index (κ1) is 19.0. The van der Waals surface area contributed by atoms with E-state index in [-0.39, 0.29) is 0 Å². The first-order chi connectivity index (χ1) is 11.1. The standard InChI is InChI=1S/C17H25BrClN3S/c1-2-14-6-3-4-10-22(14)11-5-9-20-17(23)21-13-7-8-15(18)16(19)12-13/h7-8,12,14H,2-6,9-11H2,1H3,(H2,20,21,23)/t14-/m1/s1. The molecule has 1 heterocycles. The van der Waals surface area contributed by atoms with E-state index in [1.54, 1.807) is 0 Å². The molecule has 0 aromatic heterocycles. The first-order valence-corrected chi connectivity index (χ1v) is 9.92. The molecule has 0 aliphatic carbocycles. The summed E-state index contributed by atoms with van der Waals surface area (Å²) >= 11 is 14.8. The number of hydrogen-bond acceptors (Lipinski definition) is 2. The van der Waals surface area contributed by atoms with Crippen LogP contribution in [0.5, 0.6) is 0 Å². The van der Waals surface area contributed by atoms with Gasteiger partial charge in [-0.1, -0.05) is 24.9 Å². The molecule has 1 aliphatic heterocycles. The van der Waals surface area contributed by atoms with Crippen molar-refractivity contribution in [3.8, 4) is 0 Å². The molecule has 0 spiro atoms. The van der Waals surface area contributed by atoms with Crippen molar-refractivity contribution in [3.05, 3.63) is 27.7 Å². The summed E-state index contributed by atoms with van der Waals surface area (Å²) in [5.74, 6) is 0. The van der Waals surface area contributed by atoms with E-state index in [1.807, 2.05) is 18.2 Å². The van der Waals surface area contributed by atoms with Gasteiger partial charge in [-0.05, 0) is 78.6 Å². The molecule has 1 aliphatic rings. The largest absolute Gasteiger partial charge is 0.362 e. The Morgan fingerprint density at radius 3 is 3.00 bits per heavy atom. The Morgan fingerprint density at radius 2 is 2.26 bits per heavy atom. The summed E-state index contributed by atoms with van der Waals surface area (Å²) in [4.78, 5) is 2.64. The van der Waals surface area contributed by atoms with Crippen molar-refractivity contribution in [1.29, 1.82) is 0 Å². The number of likely N-dealkylation sites (tertiary alicyclic amines) is 1. The van der Waals surface area contributed by atoms with E-state index in [1.165, 1.54) is 32.2 Å². The Labute approximate surface area is 158 Å². The van der Waals surface area contributed by atoms with E-state index in [0.29, 0.717) is 10.1 Å². The lowest BCUT2D eigenvalue weighted by atomic mass is 10.00. The minimum Gasteiger partial charge on any atom is -0.362 e. The highest BCUT2D eigenvalue weighted by molar-refractivity contribution is 9.10. The Kier molecular flexibility index (Phi) is 8.10. The normalized spacial score (nSPS) is 18.7. The molecule has 1 aromatic rings. The summed E-state index contributed by atoms with van der Waals surface area (Å²) in [7, 11) is 0. The molecule has 6 heteroatoms. The molecule has 23 heavy (non-hydrogen) atoms. The Morgan fingerprint density at radius 1 is 1.43 bits per heavy atom. The van der Waals surface area contributed by atoms with E-state index < -0.39 is 0 Å². The maximum Gasteiger partial charge on any atom is 0.170 e. The van der Waals surface area contributed by atoms with Gasteiger partial charge in [0.2, 0.25) is 0 Å². The van der Waals surface area contributed by atoms with Crippen molar-refractivity contribution in [3.63, 3.8) is 0 Å². The highest BCUT2D eigenvalue weighted by Gasteiger charge is 2.19. The van der Waals surface area contributed by atoms with Gasteiger partial charge in [-0.25, -0.2) is 0 Å². The molecule has 3 nitrogen and oxygen atoms in total. The highest BCUT2D eigenvalue weighted by Crippen LogP contribution is 2.25. The number of thiocarbonyl (C=S) groups is 1. The van der Waals surface area contributed by atoms with Crippen molar-refractivity contribution >= 4 is 50.5 Å². The molecule has 0 radical (unpaired) electrons. The molecule has 1 fully saturated rings. The second-order valence-corrected chi connectivity index (χ2v) is 7.63. The number of piperidine rings is 1. The van der Waals surface area contributed by atoms with Gasteiger partial charge >= 0.3 is 0 Å². The summed E-state index contributed by atoms with van der Waals surface area (Å²) in [5, 5.41) is 7.77. The summed E-state index contributed by atoms with van der Waals surface area (Å²) < 4.78 is 0.885. The second kappa shape index (κ2) is 9.82. The zero-order chi connectivity index (χ0) is 16.7. The van der Waals surface area contributed by atoms with Crippen LogP contribution in [0.4, 0.5) is 5.69 Å². The van der Waals surface area contributed by atoms with Crippen LogP contribution in [0, 0.1) is 0 Å². The summed E-state index contributed by atoms with van der Waals surface area (Å²) in [6.07, 6.45) is 6.45. The third-order valence-electron chi connectivity index (χ3n) is 4.31. The number of halogens is 2. The monoisotopic (exact) mass is 417 g/mol. The van der Waals surface area contributed by atoms with Crippen LogP contribution in [-0.2, 0) is 0 Å². The molecule has 0 amide bonds. The van der Waals surface area contributed by atoms with Gasteiger partial charge < -0.3 is 15.5 Å². The van der Waals surface area contributed by atoms with Crippen LogP contribution in [0.3, 0.4) is 0 Å². The number of nitrogens with one attached hydrogen (secondary N) is 2. The fourth-order valence-electron chi connectivity index (χ4n) is 3.05. The van der Waals surface area contributed by atoms with Gasteiger partial charge in [-0.2, -0.15) is 0 Å². The number of nitrogens with zero attached hydrogens (tertiary/aromatic N) is 1. The SMILES string of the molecule is CC[C@@H]1CCCCN1CCCNC(=S)Nc1ccc(Br)c(Cl)c1. The van der Waals surface area contributed by atoms with Crippen LogP contribution in [0.25, 0.3) is 0 Å². The van der Waals surface area contributed by atoms with E-state index >= 15 is 0 Å². The van der Waals surface area contributed by atoms with Gasteiger partial charge in [0.05, 0.1) is 5.02 Å². The molecular formula is C17H25BrClN3S. The van der Waals surface area contributed by atoms with Crippen LogP contribution >= 0.6 is 39.7 Å². The number of anilines is 1. The smallest absolute Gasteiger partial charge is 0.170 e. The van der Waals surface area contributed by atoms with Gasteiger partial charge in [0.25, 0.3) is 0 Å². The van der Waals surface area contributed by atoms with Crippen molar-refractivity contribution in [2.45, 2.75) is 45.1 Å². The minimum atomic E-state index is 0.647. The molecule has 0 saturated carbocycles. The number of hydrogen-bond donors (Lipinski definition) is 2.